The third-order valence-corrected chi connectivity index (χ3v) is 7.51. The van der Waals surface area contributed by atoms with Gasteiger partial charge in [-0.1, -0.05) is 135 Å². The summed E-state index contributed by atoms with van der Waals surface area (Å²) in [5.41, 5.74) is 1.36. The monoisotopic (exact) mass is 481 g/mol. The summed E-state index contributed by atoms with van der Waals surface area (Å²) in [4.78, 5) is 0. The highest BCUT2D eigenvalue weighted by atomic mass is 15.1. The molecule has 0 amide bonds. The quantitative estimate of drug-likeness (QED) is 0.110. The van der Waals surface area contributed by atoms with Crippen LogP contribution in [0.5, 0.6) is 0 Å². The van der Waals surface area contributed by atoms with Crippen molar-refractivity contribution >= 4 is 0 Å². The Bertz CT molecular complexity index is 718. The van der Waals surface area contributed by atoms with Crippen LogP contribution in [-0.4, -0.2) is 4.57 Å². The fourth-order valence-corrected chi connectivity index (χ4v) is 5.29. The Hall–Kier alpha value is -1.57. The molecule has 0 bridgehead atoms. The van der Waals surface area contributed by atoms with Crippen molar-refractivity contribution in [3.05, 3.63) is 42.7 Å². The number of hydrogen-bond acceptors (Lipinski definition) is 0. The van der Waals surface area contributed by atoms with E-state index in [-0.39, 0.29) is 0 Å². The molecular weight excluding hydrogens is 424 g/mol. The maximum absolute atomic E-state index is 2.51. The molecule has 2 aromatic rings. The van der Waals surface area contributed by atoms with Crippen LogP contribution in [0.2, 0.25) is 0 Å². The van der Waals surface area contributed by atoms with Gasteiger partial charge < -0.3 is 0 Å². The molecule has 35 heavy (non-hydrogen) atoms. The number of imidazole rings is 1. The third-order valence-electron chi connectivity index (χ3n) is 7.51. The van der Waals surface area contributed by atoms with E-state index in [0.717, 1.165) is 13.1 Å². The largest absolute Gasteiger partial charge is 0.288 e. The second kappa shape index (κ2) is 20.6. The summed E-state index contributed by atoms with van der Waals surface area (Å²) in [6.45, 7) is 6.89. The lowest BCUT2D eigenvalue weighted by Crippen LogP contribution is -2.34. The minimum absolute atomic E-state index is 1.14. The van der Waals surface area contributed by atoms with Gasteiger partial charge in [0, 0.05) is 0 Å². The normalized spacial score (nSPS) is 11.4. The van der Waals surface area contributed by atoms with Crippen LogP contribution in [0, 0.1) is 0 Å². The van der Waals surface area contributed by atoms with Crippen LogP contribution in [0.25, 0.3) is 11.4 Å². The number of hydrogen-bond donors (Lipinski definition) is 0. The predicted molar refractivity (Wildman–Crippen MR) is 154 cm³/mol. The van der Waals surface area contributed by atoms with Crippen molar-refractivity contribution in [2.45, 2.75) is 155 Å². The van der Waals surface area contributed by atoms with Crippen LogP contribution in [0.15, 0.2) is 42.7 Å². The summed E-state index contributed by atoms with van der Waals surface area (Å²) in [6.07, 6.45) is 32.6. The lowest BCUT2D eigenvalue weighted by Gasteiger charge is -2.07. The number of benzene rings is 1. The Morgan fingerprint density at radius 1 is 0.543 bits per heavy atom. The van der Waals surface area contributed by atoms with Crippen LogP contribution >= 0.6 is 0 Å². The SMILES string of the molecule is CCCCCCCCCCCCCC[n+]1ccn(CCCCCCCCCC)c1-c1ccccc1. The molecule has 0 fully saturated rings. The topological polar surface area (TPSA) is 8.81 Å². The van der Waals surface area contributed by atoms with E-state index in [0.29, 0.717) is 0 Å². The molecule has 2 heteroatoms. The lowest BCUT2D eigenvalue weighted by atomic mass is 10.1. The molecule has 0 saturated heterocycles. The average Bonchev–Trinajstić information content (AvgIpc) is 3.29. The zero-order valence-corrected chi connectivity index (χ0v) is 23.5. The Labute approximate surface area is 218 Å². The average molecular weight is 482 g/mol. The van der Waals surface area contributed by atoms with Crippen LogP contribution in [-0.2, 0) is 13.1 Å². The number of rotatable bonds is 23. The van der Waals surface area contributed by atoms with Crippen molar-refractivity contribution in [3.8, 4) is 11.4 Å². The van der Waals surface area contributed by atoms with E-state index in [9.17, 15) is 0 Å². The predicted octanol–water partition coefficient (Wildman–Crippen LogP) is 10.3. The standard InChI is InChI=1S/C33H57N2/c1-3-5-7-9-11-13-14-15-16-18-20-25-29-35-31-30-34(33(35)32-26-22-21-23-27-32)28-24-19-17-12-10-8-6-4-2/h21-23,26-27,30-31H,3-20,24-25,28-29H2,1-2H3/q+1. The Morgan fingerprint density at radius 2 is 1.00 bits per heavy atom. The van der Waals surface area contributed by atoms with E-state index in [1.165, 1.54) is 140 Å². The van der Waals surface area contributed by atoms with Crippen LogP contribution in [0.1, 0.15) is 142 Å². The summed E-state index contributed by atoms with van der Waals surface area (Å²) in [7, 11) is 0. The maximum Gasteiger partial charge on any atom is 0.288 e. The second-order valence-corrected chi connectivity index (χ2v) is 10.7. The van der Waals surface area contributed by atoms with Crippen molar-refractivity contribution < 1.29 is 4.57 Å². The van der Waals surface area contributed by atoms with Gasteiger partial charge in [0.25, 0.3) is 5.82 Å². The molecule has 0 atom stereocenters. The summed E-state index contributed by atoms with van der Waals surface area (Å²) in [5, 5.41) is 0. The molecule has 198 valence electrons. The minimum Gasteiger partial charge on any atom is -0.230 e. The molecule has 0 radical (unpaired) electrons. The molecule has 2 rings (SSSR count). The molecule has 0 aliphatic rings. The summed E-state index contributed by atoms with van der Waals surface area (Å²) < 4.78 is 5.02. The molecule has 0 aliphatic carbocycles. The van der Waals surface area contributed by atoms with Crippen molar-refractivity contribution in [2.24, 2.45) is 0 Å². The Morgan fingerprint density at radius 3 is 1.51 bits per heavy atom. The molecule has 1 aromatic heterocycles. The van der Waals surface area contributed by atoms with E-state index in [4.69, 9.17) is 0 Å². The first-order chi connectivity index (χ1) is 17.4. The highest BCUT2D eigenvalue weighted by molar-refractivity contribution is 5.52. The molecule has 0 N–H and O–H groups in total. The number of unbranched alkanes of at least 4 members (excludes halogenated alkanes) is 18. The molecule has 0 unspecified atom stereocenters. The van der Waals surface area contributed by atoms with Gasteiger partial charge in [0.1, 0.15) is 12.4 Å². The van der Waals surface area contributed by atoms with Crippen LogP contribution in [0.3, 0.4) is 0 Å². The second-order valence-electron chi connectivity index (χ2n) is 10.7. The number of nitrogens with zero attached hydrogens (tertiary/aromatic N) is 2. The highest BCUT2D eigenvalue weighted by Gasteiger charge is 2.18. The highest BCUT2D eigenvalue weighted by Crippen LogP contribution is 2.18. The fraction of sp³-hybridized carbons (Fsp3) is 0.727. The number of aromatic nitrogens is 2. The van der Waals surface area contributed by atoms with E-state index in [1.54, 1.807) is 0 Å². The fourth-order valence-electron chi connectivity index (χ4n) is 5.29. The van der Waals surface area contributed by atoms with Gasteiger partial charge >= 0.3 is 0 Å². The lowest BCUT2D eigenvalue weighted by molar-refractivity contribution is -0.686. The van der Waals surface area contributed by atoms with E-state index < -0.39 is 0 Å². The maximum atomic E-state index is 2.51. The Kier molecular flexibility index (Phi) is 17.5. The first kappa shape index (κ1) is 29.7. The van der Waals surface area contributed by atoms with Crippen molar-refractivity contribution in [1.82, 2.24) is 4.57 Å². The van der Waals surface area contributed by atoms with Gasteiger partial charge in [-0.2, -0.15) is 0 Å². The number of aryl methyl sites for hydroxylation is 2. The minimum atomic E-state index is 1.14. The van der Waals surface area contributed by atoms with Gasteiger partial charge in [-0.15, -0.1) is 0 Å². The van der Waals surface area contributed by atoms with Crippen molar-refractivity contribution in [2.75, 3.05) is 0 Å². The van der Waals surface area contributed by atoms with E-state index >= 15 is 0 Å². The Balaban J connectivity index is 1.68. The molecule has 1 heterocycles. The summed E-state index contributed by atoms with van der Waals surface area (Å²) in [6, 6.07) is 11.0. The molecule has 0 saturated carbocycles. The zero-order valence-electron chi connectivity index (χ0n) is 23.5. The molecule has 1 aromatic carbocycles. The van der Waals surface area contributed by atoms with Gasteiger partial charge in [0.05, 0.1) is 18.7 Å². The van der Waals surface area contributed by atoms with Gasteiger partial charge in [0.2, 0.25) is 0 Å². The smallest absolute Gasteiger partial charge is 0.230 e. The molecule has 0 spiro atoms. The van der Waals surface area contributed by atoms with Crippen LogP contribution in [0.4, 0.5) is 0 Å². The van der Waals surface area contributed by atoms with Crippen LogP contribution < -0.4 is 4.57 Å². The van der Waals surface area contributed by atoms with Gasteiger partial charge in [-0.3, -0.25) is 0 Å². The van der Waals surface area contributed by atoms with E-state index in [1.807, 2.05) is 0 Å². The van der Waals surface area contributed by atoms with Gasteiger partial charge in [-0.25, -0.2) is 9.13 Å². The van der Waals surface area contributed by atoms with Gasteiger partial charge in [-0.05, 0) is 37.8 Å². The van der Waals surface area contributed by atoms with E-state index in [2.05, 4.69) is 65.7 Å². The van der Waals surface area contributed by atoms with Gasteiger partial charge in [0.15, 0.2) is 0 Å². The zero-order chi connectivity index (χ0) is 24.8. The first-order valence-electron chi connectivity index (χ1n) is 15.5. The van der Waals surface area contributed by atoms with Crippen molar-refractivity contribution in [3.63, 3.8) is 0 Å². The molecular formula is C33H57N2+. The summed E-state index contributed by atoms with van der Waals surface area (Å²) >= 11 is 0. The third kappa shape index (κ3) is 13.3. The first-order valence-corrected chi connectivity index (χ1v) is 15.5. The molecule has 2 nitrogen and oxygen atoms in total. The summed E-state index contributed by atoms with van der Waals surface area (Å²) in [5.74, 6) is 1.40. The molecule has 0 aliphatic heterocycles. The van der Waals surface area contributed by atoms with Crippen molar-refractivity contribution in [1.29, 1.82) is 0 Å².